The lowest BCUT2D eigenvalue weighted by Crippen LogP contribution is -2.44. The SMILES string of the molecule is CC(C)B1OCC(C)(CCC(C)B2Oc3ccccc3O2)CO1. The van der Waals surface area contributed by atoms with Crippen LogP contribution in [0, 0.1) is 5.41 Å². The molecule has 2 aliphatic rings. The highest BCUT2D eigenvalue weighted by Gasteiger charge is 2.41. The molecular formula is C17H26B2O4. The maximum Gasteiger partial charge on any atom is 0.597 e. The monoisotopic (exact) mass is 316 g/mol. The van der Waals surface area contributed by atoms with Crippen LogP contribution in [-0.2, 0) is 9.31 Å². The zero-order chi connectivity index (χ0) is 16.4. The Morgan fingerprint density at radius 2 is 1.57 bits per heavy atom. The van der Waals surface area contributed by atoms with Gasteiger partial charge in [0.25, 0.3) is 0 Å². The molecule has 1 aromatic carbocycles. The van der Waals surface area contributed by atoms with Gasteiger partial charge in [0.05, 0.1) is 0 Å². The van der Waals surface area contributed by atoms with Crippen LogP contribution in [0.15, 0.2) is 24.3 Å². The lowest BCUT2D eigenvalue weighted by molar-refractivity contribution is 0.00679. The van der Waals surface area contributed by atoms with E-state index in [4.69, 9.17) is 18.6 Å². The minimum absolute atomic E-state index is 0.0588. The van der Waals surface area contributed by atoms with E-state index in [9.17, 15) is 0 Å². The van der Waals surface area contributed by atoms with Crippen molar-refractivity contribution in [3.63, 3.8) is 0 Å². The molecule has 2 aliphatic heterocycles. The second kappa shape index (κ2) is 6.78. The molecule has 3 rings (SSSR count). The molecule has 6 heteroatoms. The molecule has 124 valence electrons. The van der Waals surface area contributed by atoms with Crippen molar-refractivity contribution >= 4 is 14.2 Å². The average Bonchev–Trinajstić information content (AvgIpc) is 2.97. The molecule has 1 aromatic rings. The van der Waals surface area contributed by atoms with E-state index in [0.717, 1.165) is 37.6 Å². The minimum atomic E-state index is -0.190. The van der Waals surface area contributed by atoms with Crippen molar-refractivity contribution < 1.29 is 18.6 Å². The molecule has 0 spiro atoms. The largest absolute Gasteiger partial charge is 0.597 e. The summed E-state index contributed by atoms with van der Waals surface area (Å²) in [7, 11) is -0.249. The number of fused-ring (bicyclic) bond motifs is 1. The summed E-state index contributed by atoms with van der Waals surface area (Å²) in [5.41, 5.74) is 0.0745. The second-order valence-corrected chi connectivity index (χ2v) is 7.61. The van der Waals surface area contributed by atoms with E-state index in [1.807, 2.05) is 24.3 Å². The molecule has 0 saturated carbocycles. The van der Waals surface area contributed by atoms with Crippen LogP contribution in [0.3, 0.4) is 0 Å². The predicted octanol–water partition coefficient (Wildman–Crippen LogP) is 4.07. The van der Waals surface area contributed by atoms with E-state index in [1.165, 1.54) is 0 Å². The van der Waals surface area contributed by atoms with Crippen LogP contribution in [0.25, 0.3) is 0 Å². The zero-order valence-electron chi connectivity index (χ0n) is 14.6. The van der Waals surface area contributed by atoms with Crippen LogP contribution >= 0.6 is 0 Å². The lowest BCUT2D eigenvalue weighted by atomic mass is 9.67. The Kier molecular flexibility index (Phi) is 4.93. The molecule has 4 nitrogen and oxygen atoms in total. The average molecular weight is 316 g/mol. The van der Waals surface area contributed by atoms with Gasteiger partial charge in [0.1, 0.15) is 11.5 Å². The molecule has 2 heterocycles. The van der Waals surface area contributed by atoms with Crippen molar-refractivity contribution in [1.29, 1.82) is 0 Å². The molecular weight excluding hydrogens is 290 g/mol. The van der Waals surface area contributed by atoms with Gasteiger partial charge in [-0.05, 0) is 30.8 Å². The molecule has 23 heavy (non-hydrogen) atoms. The standard InChI is InChI=1S/C17H26B2O4/c1-13(2)18-20-11-17(4,12-21-18)10-9-14(3)19-22-15-7-5-6-8-16(15)23-19/h5-8,13-14H,9-12H2,1-4H3. The van der Waals surface area contributed by atoms with Crippen LogP contribution in [-0.4, -0.2) is 27.5 Å². The van der Waals surface area contributed by atoms with Gasteiger partial charge in [-0.1, -0.05) is 39.8 Å². The van der Waals surface area contributed by atoms with Crippen molar-refractivity contribution in [2.75, 3.05) is 13.2 Å². The summed E-state index contributed by atoms with van der Waals surface area (Å²) in [6.45, 7) is 10.2. The first-order chi connectivity index (χ1) is 11.0. The Hall–Kier alpha value is -1.13. The van der Waals surface area contributed by atoms with Crippen molar-refractivity contribution in [2.24, 2.45) is 5.41 Å². The van der Waals surface area contributed by atoms with Crippen LogP contribution in [0.4, 0.5) is 0 Å². The summed E-state index contributed by atoms with van der Waals surface area (Å²) < 4.78 is 23.6. The molecule has 0 aliphatic carbocycles. The molecule has 0 amide bonds. The third-order valence-electron chi connectivity index (χ3n) is 4.74. The molecule has 0 N–H and O–H groups in total. The lowest BCUT2D eigenvalue weighted by Gasteiger charge is -2.38. The number of hydrogen-bond donors (Lipinski definition) is 0. The second-order valence-electron chi connectivity index (χ2n) is 7.61. The van der Waals surface area contributed by atoms with Gasteiger partial charge in [-0.15, -0.1) is 0 Å². The fourth-order valence-electron chi connectivity index (χ4n) is 3.05. The predicted molar refractivity (Wildman–Crippen MR) is 93.0 cm³/mol. The molecule has 0 radical (unpaired) electrons. The Morgan fingerprint density at radius 1 is 1.00 bits per heavy atom. The van der Waals surface area contributed by atoms with Gasteiger partial charge in [-0.2, -0.15) is 0 Å². The highest BCUT2D eigenvalue weighted by molar-refractivity contribution is 6.49. The van der Waals surface area contributed by atoms with Crippen molar-refractivity contribution in [2.45, 2.75) is 52.2 Å². The third-order valence-corrected chi connectivity index (χ3v) is 4.74. The third kappa shape index (κ3) is 3.86. The molecule has 1 atom stereocenters. The Balaban J connectivity index is 1.47. The van der Waals surface area contributed by atoms with Crippen LogP contribution in [0.2, 0.25) is 11.6 Å². The van der Waals surface area contributed by atoms with Crippen LogP contribution in [0.1, 0.15) is 40.5 Å². The fraction of sp³-hybridized carbons (Fsp3) is 0.647. The Bertz CT molecular complexity index is 504. The number of para-hydroxylation sites is 2. The van der Waals surface area contributed by atoms with Crippen molar-refractivity contribution in [1.82, 2.24) is 0 Å². The highest BCUT2D eigenvalue weighted by Crippen LogP contribution is 2.39. The summed E-state index contributed by atoms with van der Waals surface area (Å²) in [5, 5.41) is 0. The minimum Gasteiger partial charge on any atom is -0.523 e. The van der Waals surface area contributed by atoms with Gasteiger partial charge in [0.2, 0.25) is 0 Å². The molecule has 1 saturated heterocycles. The van der Waals surface area contributed by atoms with Crippen LogP contribution < -0.4 is 9.31 Å². The molecule has 0 bridgehead atoms. The summed E-state index contributed by atoms with van der Waals surface area (Å²) in [4.78, 5) is 0. The smallest absolute Gasteiger partial charge is 0.523 e. The Labute approximate surface area is 140 Å². The quantitative estimate of drug-likeness (QED) is 0.768. The van der Waals surface area contributed by atoms with Gasteiger partial charge >= 0.3 is 14.2 Å². The van der Waals surface area contributed by atoms with Gasteiger partial charge in [-0.25, -0.2) is 0 Å². The number of benzene rings is 1. The normalized spacial score (nSPS) is 20.9. The summed E-state index contributed by atoms with van der Waals surface area (Å²) >= 11 is 0. The topological polar surface area (TPSA) is 36.9 Å². The maximum atomic E-state index is 5.91. The van der Waals surface area contributed by atoms with Crippen LogP contribution in [0.5, 0.6) is 11.5 Å². The zero-order valence-corrected chi connectivity index (χ0v) is 14.6. The van der Waals surface area contributed by atoms with E-state index < -0.39 is 0 Å². The maximum absolute atomic E-state index is 5.91. The van der Waals surface area contributed by atoms with E-state index in [2.05, 4.69) is 27.7 Å². The van der Waals surface area contributed by atoms with Gasteiger partial charge in [-0.3, -0.25) is 0 Å². The van der Waals surface area contributed by atoms with E-state index >= 15 is 0 Å². The molecule has 0 aromatic heterocycles. The first-order valence-corrected chi connectivity index (χ1v) is 8.62. The van der Waals surface area contributed by atoms with E-state index in [1.54, 1.807) is 0 Å². The first-order valence-electron chi connectivity index (χ1n) is 8.62. The first kappa shape index (κ1) is 16.7. The van der Waals surface area contributed by atoms with Gasteiger partial charge < -0.3 is 18.6 Å². The van der Waals surface area contributed by atoms with Crippen molar-refractivity contribution in [3.05, 3.63) is 24.3 Å². The van der Waals surface area contributed by atoms with Gasteiger partial charge in [0, 0.05) is 24.4 Å². The number of rotatable bonds is 5. The summed E-state index contributed by atoms with van der Waals surface area (Å²) in [6.07, 6.45) is 2.06. The van der Waals surface area contributed by atoms with E-state index in [-0.39, 0.29) is 19.7 Å². The Morgan fingerprint density at radius 3 is 2.09 bits per heavy atom. The van der Waals surface area contributed by atoms with Gasteiger partial charge in [0.15, 0.2) is 0 Å². The van der Waals surface area contributed by atoms with E-state index in [0.29, 0.717) is 11.6 Å². The van der Waals surface area contributed by atoms with Crippen molar-refractivity contribution in [3.8, 4) is 11.5 Å². The fourth-order valence-corrected chi connectivity index (χ4v) is 3.05. The molecule has 1 fully saturated rings. The summed E-state index contributed by atoms with van der Waals surface area (Å²) in [5.74, 6) is 2.42. The summed E-state index contributed by atoms with van der Waals surface area (Å²) in [6, 6.07) is 7.85. The highest BCUT2D eigenvalue weighted by atomic mass is 16.6. The number of hydrogen-bond acceptors (Lipinski definition) is 4. The molecule has 1 unspecified atom stereocenters.